The van der Waals surface area contributed by atoms with Gasteiger partial charge in [0.1, 0.15) is 11.8 Å². The zero-order valence-corrected chi connectivity index (χ0v) is 8.75. The third-order valence-electron chi connectivity index (χ3n) is 1.26. The summed E-state index contributed by atoms with van der Waals surface area (Å²) in [5.41, 5.74) is 6.03. The van der Waals surface area contributed by atoms with Gasteiger partial charge >= 0.3 is 0 Å². The van der Waals surface area contributed by atoms with E-state index in [4.69, 9.17) is 10.6 Å². The van der Waals surface area contributed by atoms with E-state index < -0.39 is 0 Å². The summed E-state index contributed by atoms with van der Waals surface area (Å²) < 4.78 is 0. The van der Waals surface area contributed by atoms with Gasteiger partial charge in [0.05, 0.1) is 0 Å². The highest BCUT2D eigenvalue weighted by Gasteiger charge is 2.07. The van der Waals surface area contributed by atoms with Gasteiger partial charge in [-0.15, -0.1) is 11.3 Å². The van der Waals surface area contributed by atoms with Crippen LogP contribution in [0, 0.1) is 0 Å². The summed E-state index contributed by atoms with van der Waals surface area (Å²) in [5, 5.41) is 5.72. The van der Waals surface area contributed by atoms with Gasteiger partial charge in [0, 0.05) is 5.38 Å². The fourth-order valence-corrected chi connectivity index (χ4v) is 1.25. The van der Waals surface area contributed by atoms with Crippen molar-refractivity contribution < 1.29 is 9.63 Å². The lowest BCUT2D eigenvalue weighted by atomic mass is 10.3. The van der Waals surface area contributed by atoms with E-state index in [-0.39, 0.29) is 11.8 Å². The van der Waals surface area contributed by atoms with Crippen LogP contribution in [0.15, 0.2) is 10.5 Å². The quantitative estimate of drug-likeness (QED) is 0.460. The molecule has 2 N–H and O–H groups in total. The number of rotatable bonds is 4. The van der Waals surface area contributed by atoms with Gasteiger partial charge in [-0.2, -0.15) is 0 Å². The molecule has 0 unspecified atom stereocenters. The van der Waals surface area contributed by atoms with Crippen LogP contribution < -0.4 is 5.73 Å². The molecule has 5 nitrogen and oxygen atoms in total. The van der Waals surface area contributed by atoms with E-state index in [0.717, 1.165) is 0 Å². The molecule has 1 aromatic heterocycles. The van der Waals surface area contributed by atoms with E-state index in [2.05, 4.69) is 10.1 Å². The number of aldehydes is 1. The average molecular weight is 213 g/mol. The minimum absolute atomic E-state index is 0.0686. The number of anilines is 1. The van der Waals surface area contributed by atoms with Crippen LogP contribution in [0.4, 0.5) is 5.13 Å². The van der Waals surface area contributed by atoms with Gasteiger partial charge in [-0.25, -0.2) is 4.98 Å². The highest BCUT2D eigenvalue weighted by atomic mass is 32.1. The van der Waals surface area contributed by atoms with Crippen molar-refractivity contribution in [2.45, 2.75) is 20.0 Å². The predicted octanol–water partition coefficient (Wildman–Crippen LogP) is 1.05. The van der Waals surface area contributed by atoms with E-state index in [0.29, 0.717) is 17.1 Å². The number of thiazole rings is 1. The van der Waals surface area contributed by atoms with Gasteiger partial charge < -0.3 is 10.6 Å². The Morgan fingerprint density at radius 3 is 2.93 bits per heavy atom. The average Bonchev–Trinajstić information content (AvgIpc) is 2.53. The number of hydrogen-bond donors (Lipinski definition) is 1. The number of nitrogens with zero attached hydrogens (tertiary/aromatic N) is 2. The summed E-state index contributed by atoms with van der Waals surface area (Å²) >= 11 is 1.25. The Morgan fingerprint density at radius 1 is 1.79 bits per heavy atom. The molecular formula is C8H11N3O2S. The molecule has 0 saturated heterocycles. The highest BCUT2D eigenvalue weighted by Crippen LogP contribution is 2.11. The molecule has 0 aliphatic heterocycles. The van der Waals surface area contributed by atoms with Crippen molar-refractivity contribution in [3.8, 4) is 0 Å². The van der Waals surface area contributed by atoms with Gasteiger partial charge in [-0.1, -0.05) is 5.16 Å². The minimum atomic E-state index is -0.0686. The third kappa shape index (κ3) is 2.81. The molecule has 1 rings (SSSR count). The summed E-state index contributed by atoms with van der Waals surface area (Å²) in [6.45, 7) is 3.64. The molecule has 14 heavy (non-hydrogen) atoms. The second kappa shape index (κ2) is 4.71. The predicted molar refractivity (Wildman–Crippen MR) is 55.3 cm³/mol. The number of carbonyl (C=O) groups excluding carboxylic acids is 1. The Bertz CT molecular complexity index is 346. The van der Waals surface area contributed by atoms with E-state index in [1.165, 1.54) is 11.3 Å². The lowest BCUT2D eigenvalue weighted by Crippen LogP contribution is -2.07. The zero-order chi connectivity index (χ0) is 10.6. The summed E-state index contributed by atoms with van der Waals surface area (Å²) in [4.78, 5) is 19.5. The third-order valence-corrected chi connectivity index (χ3v) is 1.93. The number of carbonyl (C=O) groups is 1. The molecule has 76 valence electrons. The molecule has 0 atom stereocenters. The highest BCUT2D eigenvalue weighted by molar-refractivity contribution is 7.13. The minimum Gasteiger partial charge on any atom is -0.392 e. The first-order valence-corrected chi connectivity index (χ1v) is 4.92. The fourth-order valence-electron chi connectivity index (χ4n) is 0.696. The Balaban J connectivity index is 2.81. The van der Waals surface area contributed by atoms with E-state index in [9.17, 15) is 4.79 Å². The SMILES string of the molecule is CC(C)O/N=C(/C=O)c1csc(N)n1. The number of aromatic nitrogens is 1. The molecule has 0 aliphatic rings. The Kier molecular flexibility index (Phi) is 3.58. The molecule has 6 heteroatoms. The van der Waals surface area contributed by atoms with Crippen LogP contribution in [0.25, 0.3) is 0 Å². The number of oxime groups is 1. The Labute approximate surface area is 85.6 Å². The number of hydrogen-bond acceptors (Lipinski definition) is 6. The van der Waals surface area contributed by atoms with Crippen molar-refractivity contribution in [2.75, 3.05) is 5.73 Å². The van der Waals surface area contributed by atoms with Gasteiger partial charge in [-0.05, 0) is 13.8 Å². The Morgan fingerprint density at radius 2 is 2.50 bits per heavy atom. The van der Waals surface area contributed by atoms with Crippen molar-refractivity contribution in [3.05, 3.63) is 11.1 Å². The van der Waals surface area contributed by atoms with Crippen LogP contribution in [0.5, 0.6) is 0 Å². The van der Waals surface area contributed by atoms with E-state index >= 15 is 0 Å². The van der Waals surface area contributed by atoms with Crippen LogP contribution in [0.3, 0.4) is 0 Å². The maximum atomic E-state index is 10.6. The topological polar surface area (TPSA) is 77.6 Å². The van der Waals surface area contributed by atoms with Gasteiger partial charge in [-0.3, -0.25) is 4.79 Å². The smallest absolute Gasteiger partial charge is 0.180 e. The molecule has 0 radical (unpaired) electrons. The monoisotopic (exact) mass is 213 g/mol. The summed E-state index contributed by atoms with van der Waals surface area (Å²) in [6, 6.07) is 0. The van der Waals surface area contributed by atoms with Crippen molar-refractivity contribution in [1.29, 1.82) is 0 Å². The summed E-state index contributed by atoms with van der Waals surface area (Å²) in [7, 11) is 0. The van der Waals surface area contributed by atoms with Crippen LogP contribution in [0.2, 0.25) is 0 Å². The molecule has 0 spiro atoms. The number of nitrogens with two attached hydrogens (primary N) is 1. The lowest BCUT2D eigenvalue weighted by Gasteiger charge is -2.01. The van der Waals surface area contributed by atoms with Gasteiger partial charge in [0.2, 0.25) is 0 Å². The molecule has 1 heterocycles. The maximum absolute atomic E-state index is 10.6. The van der Waals surface area contributed by atoms with Crippen LogP contribution >= 0.6 is 11.3 Å². The number of nitrogen functional groups attached to an aromatic ring is 1. The zero-order valence-electron chi connectivity index (χ0n) is 7.93. The lowest BCUT2D eigenvalue weighted by molar-refractivity contribution is -0.102. The van der Waals surface area contributed by atoms with Crippen molar-refractivity contribution in [1.82, 2.24) is 4.98 Å². The maximum Gasteiger partial charge on any atom is 0.180 e. The Hall–Kier alpha value is -1.43. The molecule has 0 aliphatic carbocycles. The van der Waals surface area contributed by atoms with E-state index in [1.807, 2.05) is 13.8 Å². The largest absolute Gasteiger partial charge is 0.392 e. The first kappa shape index (κ1) is 10.6. The first-order valence-electron chi connectivity index (χ1n) is 4.04. The van der Waals surface area contributed by atoms with Gasteiger partial charge in [0.25, 0.3) is 0 Å². The molecule has 1 aromatic rings. The second-order valence-electron chi connectivity index (χ2n) is 2.82. The molecule has 0 bridgehead atoms. The first-order chi connectivity index (χ1) is 6.63. The van der Waals surface area contributed by atoms with Crippen LogP contribution in [-0.4, -0.2) is 23.1 Å². The molecule has 0 fully saturated rings. The normalized spacial score (nSPS) is 11.8. The van der Waals surface area contributed by atoms with Crippen LogP contribution in [-0.2, 0) is 9.63 Å². The molecule has 0 saturated carbocycles. The van der Waals surface area contributed by atoms with E-state index in [1.54, 1.807) is 5.38 Å². The second-order valence-corrected chi connectivity index (χ2v) is 3.71. The van der Waals surface area contributed by atoms with Crippen molar-refractivity contribution >= 4 is 28.5 Å². The molecule has 0 aromatic carbocycles. The molecular weight excluding hydrogens is 202 g/mol. The van der Waals surface area contributed by atoms with Crippen LogP contribution in [0.1, 0.15) is 19.5 Å². The summed E-state index contributed by atoms with van der Waals surface area (Å²) in [6.07, 6.45) is 0.526. The van der Waals surface area contributed by atoms with Crippen molar-refractivity contribution in [3.63, 3.8) is 0 Å². The van der Waals surface area contributed by atoms with Gasteiger partial charge in [0.15, 0.2) is 17.1 Å². The van der Waals surface area contributed by atoms with Crippen molar-refractivity contribution in [2.24, 2.45) is 5.16 Å². The molecule has 0 amide bonds. The summed E-state index contributed by atoms with van der Waals surface area (Å²) in [5.74, 6) is 0. The fraction of sp³-hybridized carbons (Fsp3) is 0.375. The standard InChI is InChI=1S/C8H11N3O2S/c1-5(2)13-11-6(3-12)7-4-14-8(9)10-7/h3-5H,1-2H3,(H2,9,10)/b11-6-.